The maximum atomic E-state index is 12.1. The zero-order valence-corrected chi connectivity index (χ0v) is 15.7. The van der Waals surface area contributed by atoms with Crippen LogP contribution in [0.25, 0.3) is 10.6 Å². The van der Waals surface area contributed by atoms with Crippen molar-refractivity contribution in [1.82, 2.24) is 9.46 Å². The Kier molecular flexibility index (Phi) is 5.21. The Labute approximate surface area is 154 Å². The summed E-state index contributed by atoms with van der Waals surface area (Å²) in [6.45, 7) is -0.0363. The zero-order chi connectivity index (χ0) is 18.7. The van der Waals surface area contributed by atoms with E-state index in [1.165, 1.54) is 49.7 Å². The minimum absolute atomic E-state index is 0.0363. The molecule has 0 aliphatic heterocycles. The molecule has 0 bridgehead atoms. The standard InChI is InChI=1S/C17H16N2O5S2/c1-19(2)26(21,22)14-7-5-12(6-8-14)17(20)23-11-13-10-15(24-18-13)16-4-3-9-25-16/h3-10H,11H2,1-2H3. The SMILES string of the molecule is CN(C)S(=O)(=O)c1ccc(C(=O)OCc2cc(-c3cccs3)on2)cc1. The fourth-order valence-electron chi connectivity index (χ4n) is 2.11. The summed E-state index contributed by atoms with van der Waals surface area (Å²) in [5.41, 5.74) is 0.748. The summed E-state index contributed by atoms with van der Waals surface area (Å²) in [6, 6.07) is 11.1. The first-order valence-electron chi connectivity index (χ1n) is 7.57. The minimum atomic E-state index is -3.53. The predicted molar refractivity (Wildman–Crippen MR) is 96.3 cm³/mol. The van der Waals surface area contributed by atoms with Gasteiger partial charge in [-0.3, -0.25) is 0 Å². The van der Waals surface area contributed by atoms with Crippen LogP contribution in [0.3, 0.4) is 0 Å². The summed E-state index contributed by atoms with van der Waals surface area (Å²) in [6.07, 6.45) is 0. The van der Waals surface area contributed by atoms with E-state index in [9.17, 15) is 13.2 Å². The molecule has 0 spiro atoms. The van der Waals surface area contributed by atoms with Gasteiger partial charge < -0.3 is 9.26 Å². The van der Waals surface area contributed by atoms with Crippen molar-refractivity contribution in [3.8, 4) is 10.6 Å². The molecule has 0 N–H and O–H groups in total. The van der Waals surface area contributed by atoms with E-state index >= 15 is 0 Å². The molecule has 9 heteroatoms. The normalized spacial score (nSPS) is 11.7. The number of ether oxygens (including phenoxy) is 1. The first-order valence-corrected chi connectivity index (χ1v) is 9.89. The van der Waals surface area contributed by atoms with E-state index in [0.717, 1.165) is 9.18 Å². The van der Waals surface area contributed by atoms with Gasteiger partial charge in [0.05, 0.1) is 15.3 Å². The fraction of sp³-hybridized carbons (Fsp3) is 0.176. The third-order valence-electron chi connectivity index (χ3n) is 3.54. The first-order chi connectivity index (χ1) is 12.4. The van der Waals surface area contributed by atoms with Crippen molar-refractivity contribution in [2.24, 2.45) is 0 Å². The van der Waals surface area contributed by atoms with Crippen molar-refractivity contribution in [3.63, 3.8) is 0 Å². The molecule has 0 saturated heterocycles. The Hall–Kier alpha value is -2.49. The molecule has 0 radical (unpaired) electrons. The Morgan fingerprint density at radius 3 is 2.58 bits per heavy atom. The zero-order valence-electron chi connectivity index (χ0n) is 14.1. The molecule has 0 fully saturated rings. The second-order valence-electron chi connectivity index (χ2n) is 5.55. The van der Waals surface area contributed by atoms with E-state index < -0.39 is 16.0 Å². The molecular formula is C17H16N2O5S2. The number of thiophene rings is 1. The lowest BCUT2D eigenvalue weighted by atomic mass is 10.2. The molecule has 2 heterocycles. The molecule has 0 amide bonds. The molecule has 1 aromatic carbocycles. The van der Waals surface area contributed by atoms with Crippen molar-refractivity contribution >= 4 is 27.3 Å². The van der Waals surface area contributed by atoms with E-state index in [4.69, 9.17) is 9.26 Å². The molecule has 136 valence electrons. The number of hydrogen-bond donors (Lipinski definition) is 0. The fourth-order valence-corrected chi connectivity index (χ4v) is 3.69. The summed E-state index contributed by atoms with van der Waals surface area (Å²) < 4.78 is 35.6. The molecule has 0 unspecified atom stereocenters. The van der Waals surface area contributed by atoms with Crippen LogP contribution in [0.5, 0.6) is 0 Å². The van der Waals surface area contributed by atoms with Crippen molar-refractivity contribution in [1.29, 1.82) is 0 Å². The molecule has 3 aromatic rings. The van der Waals surface area contributed by atoms with Gasteiger partial charge in [0.25, 0.3) is 0 Å². The molecule has 0 aliphatic rings. The number of carbonyl (C=O) groups is 1. The topological polar surface area (TPSA) is 89.7 Å². The van der Waals surface area contributed by atoms with Crippen LogP contribution in [-0.2, 0) is 21.4 Å². The average Bonchev–Trinajstić information content (AvgIpc) is 3.31. The molecule has 3 rings (SSSR count). The number of rotatable bonds is 6. The predicted octanol–water partition coefficient (Wildman–Crippen LogP) is 3.01. The smallest absolute Gasteiger partial charge is 0.338 e. The number of hydrogen-bond acceptors (Lipinski definition) is 7. The van der Waals surface area contributed by atoms with Gasteiger partial charge in [-0.1, -0.05) is 11.2 Å². The van der Waals surface area contributed by atoms with Gasteiger partial charge in [0.1, 0.15) is 12.3 Å². The van der Waals surface area contributed by atoms with Gasteiger partial charge >= 0.3 is 5.97 Å². The third-order valence-corrected chi connectivity index (χ3v) is 6.26. The number of aromatic nitrogens is 1. The van der Waals surface area contributed by atoms with Gasteiger partial charge in [0.15, 0.2) is 5.76 Å². The lowest BCUT2D eigenvalue weighted by Gasteiger charge is -2.11. The minimum Gasteiger partial charge on any atom is -0.455 e. The van der Waals surface area contributed by atoms with E-state index in [2.05, 4.69) is 5.16 Å². The quantitative estimate of drug-likeness (QED) is 0.599. The summed E-state index contributed by atoms with van der Waals surface area (Å²) in [5, 5.41) is 5.80. The molecule has 0 aliphatic carbocycles. The summed E-state index contributed by atoms with van der Waals surface area (Å²) in [4.78, 5) is 13.2. The lowest BCUT2D eigenvalue weighted by Crippen LogP contribution is -2.22. The second-order valence-corrected chi connectivity index (χ2v) is 8.65. The maximum Gasteiger partial charge on any atom is 0.338 e. The van der Waals surface area contributed by atoms with Gasteiger partial charge in [-0.25, -0.2) is 17.5 Å². The van der Waals surface area contributed by atoms with E-state index in [0.29, 0.717) is 11.5 Å². The Morgan fingerprint density at radius 1 is 1.23 bits per heavy atom. The number of nitrogens with zero attached hydrogens (tertiary/aromatic N) is 2. The van der Waals surface area contributed by atoms with E-state index in [1.807, 2.05) is 17.5 Å². The lowest BCUT2D eigenvalue weighted by molar-refractivity contribution is 0.0464. The van der Waals surface area contributed by atoms with Crippen LogP contribution in [0.4, 0.5) is 0 Å². The van der Waals surface area contributed by atoms with Crippen LogP contribution < -0.4 is 0 Å². The van der Waals surface area contributed by atoms with Crippen molar-refractivity contribution < 1.29 is 22.5 Å². The summed E-state index contributed by atoms with van der Waals surface area (Å²) in [5.74, 6) is 0.0452. The average molecular weight is 392 g/mol. The summed E-state index contributed by atoms with van der Waals surface area (Å²) in [7, 11) is -0.645. The number of esters is 1. The van der Waals surface area contributed by atoms with Gasteiger partial charge in [-0.15, -0.1) is 11.3 Å². The van der Waals surface area contributed by atoms with Crippen molar-refractivity contribution in [3.05, 3.63) is 59.1 Å². The maximum absolute atomic E-state index is 12.1. The Balaban J connectivity index is 1.64. The number of sulfonamides is 1. The highest BCUT2D eigenvalue weighted by Gasteiger charge is 2.18. The molecule has 2 aromatic heterocycles. The molecule has 0 atom stereocenters. The Bertz CT molecular complexity index is 990. The van der Waals surface area contributed by atoms with Crippen LogP contribution in [-0.4, -0.2) is 37.9 Å². The van der Waals surface area contributed by atoms with E-state index in [-0.39, 0.29) is 17.1 Å². The van der Waals surface area contributed by atoms with Crippen LogP contribution in [0.2, 0.25) is 0 Å². The van der Waals surface area contributed by atoms with Gasteiger partial charge in [0, 0.05) is 20.2 Å². The number of benzene rings is 1. The molecule has 26 heavy (non-hydrogen) atoms. The molecule has 7 nitrogen and oxygen atoms in total. The highest BCUT2D eigenvalue weighted by molar-refractivity contribution is 7.89. The van der Waals surface area contributed by atoms with E-state index in [1.54, 1.807) is 6.07 Å². The van der Waals surface area contributed by atoms with Crippen LogP contribution in [0.1, 0.15) is 16.1 Å². The summed E-state index contributed by atoms with van der Waals surface area (Å²) >= 11 is 1.52. The van der Waals surface area contributed by atoms with Gasteiger partial charge in [-0.2, -0.15) is 0 Å². The van der Waals surface area contributed by atoms with Gasteiger partial charge in [-0.05, 0) is 35.7 Å². The second kappa shape index (κ2) is 7.40. The van der Waals surface area contributed by atoms with Crippen molar-refractivity contribution in [2.75, 3.05) is 14.1 Å². The first kappa shape index (κ1) is 18.3. The third kappa shape index (κ3) is 3.85. The highest BCUT2D eigenvalue weighted by atomic mass is 32.2. The van der Waals surface area contributed by atoms with Crippen molar-refractivity contribution in [2.45, 2.75) is 11.5 Å². The monoisotopic (exact) mass is 392 g/mol. The van der Waals surface area contributed by atoms with Crippen LogP contribution in [0, 0.1) is 0 Å². The molecular weight excluding hydrogens is 376 g/mol. The highest BCUT2D eigenvalue weighted by Crippen LogP contribution is 2.25. The van der Waals surface area contributed by atoms with Crippen LogP contribution >= 0.6 is 11.3 Å². The Morgan fingerprint density at radius 2 is 1.96 bits per heavy atom. The largest absolute Gasteiger partial charge is 0.455 e. The molecule has 0 saturated carbocycles. The number of carbonyl (C=O) groups excluding carboxylic acids is 1. The van der Waals surface area contributed by atoms with Crippen LogP contribution in [0.15, 0.2) is 57.3 Å². The van der Waals surface area contributed by atoms with Gasteiger partial charge in [0.2, 0.25) is 10.0 Å².